The second kappa shape index (κ2) is 4.43. The van der Waals surface area contributed by atoms with E-state index < -0.39 is 5.41 Å². The maximum Gasteiger partial charge on any atom is 0.230 e. The van der Waals surface area contributed by atoms with Gasteiger partial charge in [-0.25, -0.2) is 0 Å². The Kier molecular flexibility index (Phi) is 3.23. The van der Waals surface area contributed by atoms with E-state index in [4.69, 9.17) is 5.73 Å². The van der Waals surface area contributed by atoms with E-state index in [0.717, 1.165) is 13.1 Å². The van der Waals surface area contributed by atoms with Gasteiger partial charge < -0.3 is 15.2 Å². The molecule has 1 aliphatic heterocycles. The number of amides is 1. The Morgan fingerprint density at radius 1 is 1.44 bits per heavy atom. The summed E-state index contributed by atoms with van der Waals surface area (Å²) >= 11 is 0. The number of hydrogen-bond acceptors (Lipinski definition) is 2. The van der Waals surface area contributed by atoms with Crippen molar-refractivity contribution in [1.29, 1.82) is 0 Å². The van der Waals surface area contributed by atoms with Gasteiger partial charge in [-0.15, -0.1) is 0 Å². The van der Waals surface area contributed by atoms with Crippen LogP contribution in [0.25, 0.3) is 0 Å². The van der Waals surface area contributed by atoms with Crippen LogP contribution in [-0.2, 0) is 11.3 Å². The van der Waals surface area contributed by atoms with Gasteiger partial charge in [0.25, 0.3) is 0 Å². The zero-order valence-electron chi connectivity index (χ0n) is 11.7. The minimum Gasteiger partial charge on any atom is -0.345 e. The molecule has 1 unspecified atom stereocenters. The SMILES string of the molecule is Cc1ccc2n1CCN(C(=O)C(C)(C)CN)C2C. The maximum absolute atomic E-state index is 12.5. The molecule has 1 aromatic heterocycles. The third-order valence-corrected chi connectivity index (χ3v) is 4.04. The lowest BCUT2D eigenvalue weighted by Crippen LogP contribution is -2.49. The third kappa shape index (κ3) is 1.94. The summed E-state index contributed by atoms with van der Waals surface area (Å²) < 4.78 is 2.30. The summed E-state index contributed by atoms with van der Waals surface area (Å²) in [6.45, 7) is 10.1. The molecular weight excluding hydrogens is 226 g/mol. The third-order valence-electron chi connectivity index (χ3n) is 4.04. The molecule has 4 nitrogen and oxygen atoms in total. The van der Waals surface area contributed by atoms with Crippen molar-refractivity contribution >= 4 is 5.91 Å². The molecule has 0 saturated carbocycles. The molecule has 0 fully saturated rings. The van der Waals surface area contributed by atoms with Crippen LogP contribution in [0.1, 0.15) is 38.2 Å². The van der Waals surface area contributed by atoms with Crippen LogP contribution in [0.4, 0.5) is 0 Å². The minimum absolute atomic E-state index is 0.130. The van der Waals surface area contributed by atoms with E-state index in [1.807, 2.05) is 18.7 Å². The number of nitrogens with zero attached hydrogens (tertiary/aromatic N) is 2. The zero-order chi connectivity index (χ0) is 13.5. The van der Waals surface area contributed by atoms with Gasteiger partial charge in [-0.1, -0.05) is 0 Å². The lowest BCUT2D eigenvalue weighted by Gasteiger charge is -2.39. The quantitative estimate of drug-likeness (QED) is 0.867. The first kappa shape index (κ1) is 13.1. The number of carbonyl (C=O) groups is 1. The van der Waals surface area contributed by atoms with Crippen LogP contribution >= 0.6 is 0 Å². The largest absolute Gasteiger partial charge is 0.345 e. The Morgan fingerprint density at radius 3 is 2.72 bits per heavy atom. The molecule has 100 valence electrons. The van der Waals surface area contributed by atoms with Gasteiger partial charge in [0, 0.05) is 31.0 Å². The molecule has 0 spiro atoms. The summed E-state index contributed by atoms with van der Waals surface area (Å²) in [5.74, 6) is 0.155. The predicted molar refractivity (Wildman–Crippen MR) is 72.1 cm³/mol. The van der Waals surface area contributed by atoms with Gasteiger partial charge in [0.1, 0.15) is 0 Å². The molecule has 18 heavy (non-hydrogen) atoms. The summed E-state index contributed by atoms with van der Waals surface area (Å²) in [6, 6.07) is 4.37. The smallest absolute Gasteiger partial charge is 0.230 e. The van der Waals surface area contributed by atoms with Gasteiger partial charge >= 0.3 is 0 Å². The van der Waals surface area contributed by atoms with Crippen molar-refractivity contribution in [2.45, 2.75) is 40.3 Å². The van der Waals surface area contributed by atoms with Crippen molar-refractivity contribution in [1.82, 2.24) is 9.47 Å². The molecule has 2 N–H and O–H groups in total. The fourth-order valence-corrected chi connectivity index (χ4v) is 2.57. The number of nitrogens with two attached hydrogens (primary N) is 1. The molecule has 0 aromatic carbocycles. The predicted octanol–water partition coefficient (Wildman–Crippen LogP) is 1.68. The highest BCUT2D eigenvalue weighted by molar-refractivity contribution is 5.82. The van der Waals surface area contributed by atoms with E-state index in [2.05, 4.69) is 30.5 Å². The van der Waals surface area contributed by atoms with Crippen molar-refractivity contribution < 1.29 is 4.79 Å². The molecule has 0 saturated heterocycles. The minimum atomic E-state index is -0.474. The number of aromatic nitrogens is 1. The van der Waals surface area contributed by atoms with Gasteiger partial charge in [-0.3, -0.25) is 4.79 Å². The van der Waals surface area contributed by atoms with E-state index >= 15 is 0 Å². The number of rotatable bonds is 2. The maximum atomic E-state index is 12.5. The van der Waals surface area contributed by atoms with Crippen LogP contribution in [0.2, 0.25) is 0 Å². The Hall–Kier alpha value is -1.29. The second-order valence-corrected chi connectivity index (χ2v) is 5.81. The zero-order valence-corrected chi connectivity index (χ0v) is 11.7. The fraction of sp³-hybridized carbons (Fsp3) is 0.643. The monoisotopic (exact) mass is 249 g/mol. The van der Waals surface area contributed by atoms with Crippen LogP contribution in [0.5, 0.6) is 0 Å². The Balaban J connectivity index is 2.27. The number of carbonyl (C=O) groups excluding carboxylic acids is 1. The van der Waals surface area contributed by atoms with E-state index in [1.165, 1.54) is 11.4 Å². The summed E-state index contributed by atoms with van der Waals surface area (Å²) in [5, 5.41) is 0. The van der Waals surface area contributed by atoms with Gasteiger partial charge in [0.15, 0.2) is 0 Å². The van der Waals surface area contributed by atoms with Gasteiger partial charge in [-0.2, -0.15) is 0 Å². The second-order valence-electron chi connectivity index (χ2n) is 5.81. The molecule has 1 aromatic rings. The van der Waals surface area contributed by atoms with Crippen molar-refractivity contribution in [2.75, 3.05) is 13.1 Å². The fourth-order valence-electron chi connectivity index (χ4n) is 2.57. The highest BCUT2D eigenvalue weighted by Gasteiger charge is 2.36. The summed E-state index contributed by atoms with van der Waals surface area (Å²) in [4.78, 5) is 14.5. The molecule has 0 radical (unpaired) electrons. The highest BCUT2D eigenvalue weighted by Crippen LogP contribution is 2.30. The molecule has 1 aliphatic rings. The standard InChI is InChI=1S/C14H23N3O/c1-10-5-6-12-11(2)17(8-7-16(10)12)13(18)14(3,4)9-15/h5-6,11H,7-9,15H2,1-4H3. The van der Waals surface area contributed by atoms with Crippen LogP contribution in [0.15, 0.2) is 12.1 Å². The summed E-state index contributed by atoms with van der Waals surface area (Å²) in [6.07, 6.45) is 0. The molecule has 1 atom stereocenters. The Bertz CT molecular complexity index is 462. The number of aryl methyl sites for hydroxylation is 1. The Morgan fingerprint density at radius 2 is 2.11 bits per heavy atom. The van der Waals surface area contributed by atoms with E-state index in [-0.39, 0.29) is 11.9 Å². The first-order valence-corrected chi connectivity index (χ1v) is 6.55. The van der Waals surface area contributed by atoms with Gasteiger partial charge in [0.05, 0.1) is 11.5 Å². The summed E-state index contributed by atoms with van der Waals surface area (Å²) in [7, 11) is 0. The van der Waals surface area contributed by atoms with Crippen LogP contribution < -0.4 is 5.73 Å². The Labute approximate surface area is 109 Å². The normalized spacial score (nSPS) is 19.8. The van der Waals surface area contributed by atoms with Gasteiger partial charge in [0.2, 0.25) is 5.91 Å². The van der Waals surface area contributed by atoms with Crippen molar-refractivity contribution in [3.8, 4) is 0 Å². The topological polar surface area (TPSA) is 51.3 Å². The molecule has 2 rings (SSSR count). The molecule has 1 amide bonds. The lowest BCUT2D eigenvalue weighted by atomic mass is 9.90. The molecule has 2 heterocycles. The van der Waals surface area contributed by atoms with Crippen LogP contribution in [-0.4, -0.2) is 28.5 Å². The number of fused-ring (bicyclic) bond motifs is 1. The molecule has 4 heteroatoms. The average molecular weight is 249 g/mol. The lowest BCUT2D eigenvalue weighted by molar-refractivity contribution is -0.143. The van der Waals surface area contributed by atoms with Crippen molar-refractivity contribution in [3.63, 3.8) is 0 Å². The van der Waals surface area contributed by atoms with E-state index in [1.54, 1.807) is 0 Å². The summed E-state index contributed by atoms with van der Waals surface area (Å²) in [5.41, 5.74) is 7.72. The van der Waals surface area contributed by atoms with E-state index in [0.29, 0.717) is 6.54 Å². The van der Waals surface area contributed by atoms with Crippen molar-refractivity contribution in [3.05, 3.63) is 23.5 Å². The van der Waals surface area contributed by atoms with Gasteiger partial charge in [-0.05, 0) is 39.8 Å². The first-order chi connectivity index (χ1) is 8.38. The molecule has 0 aliphatic carbocycles. The van der Waals surface area contributed by atoms with Crippen molar-refractivity contribution in [2.24, 2.45) is 11.1 Å². The average Bonchev–Trinajstić information content (AvgIpc) is 2.72. The van der Waals surface area contributed by atoms with Crippen LogP contribution in [0, 0.1) is 12.3 Å². The highest BCUT2D eigenvalue weighted by atomic mass is 16.2. The van der Waals surface area contributed by atoms with E-state index in [9.17, 15) is 4.79 Å². The number of hydrogen-bond donors (Lipinski definition) is 1. The van der Waals surface area contributed by atoms with Crippen LogP contribution in [0.3, 0.4) is 0 Å². The molecule has 0 bridgehead atoms. The molecular formula is C14H23N3O. The first-order valence-electron chi connectivity index (χ1n) is 6.55.